The molecular weight excluding hydrogens is 248 g/mol. The Hall–Kier alpha value is -0.610. The molecule has 0 aromatic carbocycles. The monoisotopic (exact) mass is 256 g/mol. The van der Waals surface area contributed by atoms with Gasteiger partial charge in [-0.1, -0.05) is 0 Å². The van der Waals surface area contributed by atoms with Crippen LogP contribution in [0.1, 0.15) is 6.92 Å². The molecule has 0 spiro atoms. The third-order valence-electron chi connectivity index (χ3n) is 1.87. The van der Waals surface area contributed by atoms with Crippen LogP contribution < -0.4 is 0 Å². The summed E-state index contributed by atoms with van der Waals surface area (Å²) >= 11 is 5.25. The van der Waals surface area contributed by atoms with Gasteiger partial charge in [0.15, 0.2) is 0 Å². The number of hydrogen-bond donors (Lipinski definition) is 0. The molecule has 2 heterocycles. The van der Waals surface area contributed by atoms with E-state index in [9.17, 15) is 0 Å². The molecule has 0 radical (unpaired) electrons. The van der Waals surface area contributed by atoms with Gasteiger partial charge in [0.1, 0.15) is 0 Å². The normalized spacial score (nSPS) is 10.6. The number of aryl methyl sites for hydroxylation is 1. The molecule has 0 fully saturated rings. The van der Waals surface area contributed by atoms with Crippen LogP contribution in [0.4, 0.5) is 0 Å². The first-order valence-electron chi connectivity index (χ1n) is 4.08. The number of hydrogen-bond acceptors (Lipinski definition) is 2. The predicted octanol–water partition coefficient (Wildman–Crippen LogP) is 3.39. The van der Waals surface area contributed by atoms with Crippen LogP contribution in [-0.4, -0.2) is 9.78 Å². The molecule has 2 rings (SSSR count). The topological polar surface area (TPSA) is 17.8 Å². The van der Waals surface area contributed by atoms with E-state index in [0.717, 1.165) is 11.0 Å². The Kier molecular flexibility index (Phi) is 2.51. The van der Waals surface area contributed by atoms with Gasteiger partial charge in [0.25, 0.3) is 0 Å². The van der Waals surface area contributed by atoms with Crippen molar-refractivity contribution in [2.75, 3.05) is 0 Å². The van der Waals surface area contributed by atoms with Crippen molar-refractivity contribution in [3.05, 3.63) is 28.2 Å². The van der Waals surface area contributed by atoms with E-state index in [-0.39, 0.29) is 0 Å². The van der Waals surface area contributed by atoms with Gasteiger partial charge in [0.2, 0.25) is 0 Å². The Balaban J connectivity index is 2.52. The van der Waals surface area contributed by atoms with Crippen molar-refractivity contribution in [1.29, 1.82) is 0 Å². The van der Waals surface area contributed by atoms with Crippen LogP contribution in [0.5, 0.6) is 0 Å². The van der Waals surface area contributed by atoms with Crippen LogP contribution in [0, 0.1) is 0 Å². The highest BCUT2D eigenvalue weighted by Crippen LogP contribution is 2.32. The van der Waals surface area contributed by atoms with E-state index in [1.807, 2.05) is 16.9 Å². The molecule has 2 aromatic rings. The van der Waals surface area contributed by atoms with Gasteiger partial charge in [-0.15, -0.1) is 11.3 Å². The first-order valence-corrected chi connectivity index (χ1v) is 5.75. The van der Waals surface area contributed by atoms with Gasteiger partial charge < -0.3 is 0 Å². The van der Waals surface area contributed by atoms with E-state index in [2.05, 4.69) is 39.4 Å². The molecule has 0 amide bonds. The quantitative estimate of drug-likeness (QED) is 0.806. The molecule has 2 nitrogen and oxygen atoms in total. The molecule has 4 heteroatoms. The highest BCUT2D eigenvalue weighted by atomic mass is 79.9. The molecule has 0 aliphatic heterocycles. The van der Waals surface area contributed by atoms with Gasteiger partial charge in [-0.2, -0.15) is 5.10 Å². The molecule has 0 aliphatic carbocycles. The number of aromatic nitrogens is 2. The minimum Gasteiger partial charge on any atom is -0.264 e. The van der Waals surface area contributed by atoms with Crippen LogP contribution in [0.3, 0.4) is 0 Å². The Bertz CT molecular complexity index is 405. The third kappa shape index (κ3) is 1.56. The molecule has 0 bridgehead atoms. The number of halogens is 1. The first kappa shape index (κ1) is 8.97. The molecule has 0 atom stereocenters. The zero-order valence-corrected chi connectivity index (χ0v) is 9.60. The van der Waals surface area contributed by atoms with Gasteiger partial charge >= 0.3 is 0 Å². The first-order chi connectivity index (χ1) is 6.33. The minimum atomic E-state index is 0.909. The predicted molar refractivity (Wildman–Crippen MR) is 58.9 cm³/mol. The van der Waals surface area contributed by atoms with Crippen molar-refractivity contribution < 1.29 is 0 Å². The summed E-state index contributed by atoms with van der Waals surface area (Å²) in [5.41, 5.74) is 1.18. The molecule has 13 heavy (non-hydrogen) atoms. The number of rotatable bonds is 2. The molecule has 0 saturated heterocycles. The smallest absolute Gasteiger partial charge is 0.0793 e. The lowest BCUT2D eigenvalue weighted by Crippen LogP contribution is -1.97. The lowest BCUT2D eigenvalue weighted by Gasteiger charge is -2.01. The third-order valence-corrected chi connectivity index (χ3v) is 3.73. The van der Waals surface area contributed by atoms with Gasteiger partial charge in [-0.05, 0) is 40.4 Å². The summed E-state index contributed by atoms with van der Waals surface area (Å²) in [6.45, 7) is 3.00. The second-order valence-electron chi connectivity index (χ2n) is 2.63. The average molecular weight is 257 g/mol. The fourth-order valence-corrected chi connectivity index (χ4v) is 2.86. The van der Waals surface area contributed by atoms with Crippen molar-refractivity contribution in [2.24, 2.45) is 0 Å². The molecule has 0 N–H and O–H groups in total. The van der Waals surface area contributed by atoms with Crippen molar-refractivity contribution >= 4 is 27.3 Å². The maximum Gasteiger partial charge on any atom is 0.0793 e. The highest BCUT2D eigenvalue weighted by molar-refractivity contribution is 9.10. The fourth-order valence-electron chi connectivity index (χ4n) is 1.25. The second kappa shape index (κ2) is 3.64. The second-order valence-corrected chi connectivity index (χ2v) is 4.40. The Morgan fingerprint density at radius 3 is 3.00 bits per heavy atom. The van der Waals surface area contributed by atoms with E-state index < -0.39 is 0 Å². The molecule has 0 saturated carbocycles. The average Bonchev–Trinajstić information content (AvgIpc) is 2.71. The molecule has 68 valence electrons. The van der Waals surface area contributed by atoms with Crippen LogP contribution in [0.15, 0.2) is 28.2 Å². The summed E-state index contributed by atoms with van der Waals surface area (Å²) in [4.78, 5) is 1.25. The number of thiophene rings is 1. The molecule has 0 unspecified atom stereocenters. The van der Waals surface area contributed by atoms with Crippen molar-refractivity contribution in [1.82, 2.24) is 9.78 Å². The van der Waals surface area contributed by atoms with E-state index >= 15 is 0 Å². The SMILES string of the molecule is CCn1nccc1-c1sccc1Br. The summed E-state index contributed by atoms with van der Waals surface area (Å²) in [7, 11) is 0. The lowest BCUT2D eigenvalue weighted by molar-refractivity contribution is 0.668. The Morgan fingerprint density at radius 1 is 1.54 bits per heavy atom. The van der Waals surface area contributed by atoms with Crippen LogP contribution >= 0.6 is 27.3 Å². The Morgan fingerprint density at radius 2 is 2.38 bits per heavy atom. The zero-order valence-electron chi connectivity index (χ0n) is 7.20. The lowest BCUT2D eigenvalue weighted by atomic mass is 10.3. The summed E-state index contributed by atoms with van der Waals surface area (Å²) in [6.07, 6.45) is 1.84. The van der Waals surface area contributed by atoms with Gasteiger partial charge in [0.05, 0.1) is 10.6 Å². The van der Waals surface area contributed by atoms with Crippen LogP contribution in [-0.2, 0) is 6.54 Å². The number of nitrogens with zero attached hydrogens (tertiary/aromatic N) is 2. The largest absolute Gasteiger partial charge is 0.264 e. The van der Waals surface area contributed by atoms with Gasteiger partial charge in [-0.25, -0.2) is 0 Å². The standard InChI is InChI=1S/C9H9BrN2S/c1-2-12-8(3-5-11-12)9-7(10)4-6-13-9/h3-6H,2H2,1H3. The van der Waals surface area contributed by atoms with E-state index in [0.29, 0.717) is 0 Å². The van der Waals surface area contributed by atoms with Crippen molar-refractivity contribution in [3.8, 4) is 10.6 Å². The zero-order chi connectivity index (χ0) is 9.26. The summed E-state index contributed by atoms with van der Waals surface area (Å²) in [5.74, 6) is 0. The molecule has 0 aliphatic rings. The van der Waals surface area contributed by atoms with E-state index in [1.54, 1.807) is 11.3 Å². The van der Waals surface area contributed by atoms with Gasteiger partial charge in [-0.3, -0.25) is 4.68 Å². The van der Waals surface area contributed by atoms with E-state index in [1.165, 1.54) is 10.6 Å². The van der Waals surface area contributed by atoms with Crippen LogP contribution in [0.2, 0.25) is 0 Å². The molecular formula is C9H9BrN2S. The van der Waals surface area contributed by atoms with Crippen molar-refractivity contribution in [3.63, 3.8) is 0 Å². The maximum absolute atomic E-state index is 4.23. The Labute approximate surface area is 89.3 Å². The highest BCUT2D eigenvalue weighted by Gasteiger charge is 2.08. The summed E-state index contributed by atoms with van der Waals surface area (Å²) in [5, 5.41) is 6.31. The minimum absolute atomic E-state index is 0.909. The molecule has 2 aromatic heterocycles. The summed E-state index contributed by atoms with van der Waals surface area (Å²) < 4.78 is 3.14. The fraction of sp³-hybridized carbons (Fsp3) is 0.222. The van der Waals surface area contributed by atoms with E-state index in [4.69, 9.17) is 0 Å². The van der Waals surface area contributed by atoms with Gasteiger partial charge in [0, 0.05) is 17.2 Å². The van der Waals surface area contributed by atoms with Crippen molar-refractivity contribution in [2.45, 2.75) is 13.5 Å². The van der Waals surface area contributed by atoms with Crippen LogP contribution in [0.25, 0.3) is 10.6 Å². The summed E-state index contributed by atoms with van der Waals surface area (Å²) in [6, 6.07) is 4.10. The maximum atomic E-state index is 4.23.